The number of aliphatic carboxylic acids is 1. The zero-order chi connectivity index (χ0) is 22.4. The third kappa shape index (κ3) is 5.04. The number of nitrogens with one attached hydrogen (secondary N) is 1. The standard InChI is InChI=1S/C25H25NO5/c1-16-21(24(27)28)23(19-12-7-13-20(15-19)30-3)22(17(2)26-16)25(29)31-14-8-11-18-9-5-4-6-10-18/h4-13,15,23,26H,14H2,1-3H3,(H,27,28). The van der Waals surface area contributed by atoms with Gasteiger partial charge in [0, 0.05) is 11.4 Å². The molecule has 31 heavy (non-hydrogen) atoms. The minimum atomic E-state index is -1.10. The Balaban J connectivity index is 1.89. The fraction of sp³-hybridized carbons (Fsp3) is 0.200. The predicted octanol–water partition coefficient (Wildman–Crippen LogP) is 4.27. The quantitative estimate of drug-likeness (QED) is 0.652. The lowest BCUT2D eigenvalue weighted by atomic mass is 9.80. The number of carbonyl (C=O) groups excluding carboxylic acids is 1. The molecular weight excluding hydrogens is 394 g/mol. The molecule has 6 heteroatoms. The number of benzene rings is 2. The first-order valence-corrected chi connectivity index (χ1v) is 9.87. The van der Waals surface area contributed by atoms with Gasteiger partial charge >= 0.3 is 11.9 Å². The van der Waals surface area contributed by atoms with Gasteiger partial charge in [0.05, 0.1) is 24.2 Å². The number of hydrogen-bond donors (Lipinski definition) is 2. The Morgan fingerprint density at radius 1 is 1.03 bits per heavy atom. The molecule has 0 saturated heterocycles. The summed E-state index contributed by atoms with van der Waals surface area (Å²) in [6.07, 6.45) is 3.61. The molecule has 0 aliphatic carbocycles. The molecule has 1 aliphatic heterocycles. The summed E-state index contributed by atoms with van der Waals surface area (Å²) >= 11 is 0. The SMILES string of the molecule is COc1cccc(C2C(C(=O)O)=C(C)NC(C)=C2C(=O)OCC=Cc2ccccc2)c1. The summed E-state index contributed by atoms with van der Waals surface area (Å²) in [5.41, 5.74) is 3.05. The molecule has 0 spiro atoms. The van der Waals surface area contributed by atoms with Crippen molar-refractivity contribution in [2.24, 2.45) is 0 Å². The Morgan fingerprint density at radius 3 is 2.42 bits per heavy atom. The number of carbonyl (C=O) groups is 2. The Hall–Kier alpha value is -3.80. The molecule has 2 aromatic rings. The van der Waals surface area contributed by atoms with Crippen molar-refractivity contribution in [2.75, 3.05) is 13.7 Å². The first-order valence-electron chi connectivity index (χ1n) is 9.87. The smallest absolute Gasteiger partial charge is 0.337 e. The van der Waals surface area contributed by atoms with E-state index in [0.717, 1.165) is 5.56 Å². The van der Waals surface area contributed by atoms with Crippen molar-refractivity contribution in [3.8, 4) is 5.75 Å². The average molecular weight is 419 g/mol. The highest BCUT2D eigenvalue weighted by Crippen LogP contribution is 2.39. The lowest BCUT2D eigenvalue weighted by molar-refractivity contribution is -0.138. The van der Waals surface area contributed by atoms with Gasteiger partial charge in [-0.3, -0.25) is 0 Å². The van der Waals surface area contributed by atoms with Crippen molar-refractivity contribution in [1.29, 1.82) is 0 Å². The van der Waals surface area contributed by atoms with Gasteiger partial charge in [-0.25, -0.2) is 9.59 Å². The van der Waals surface area contributed by atoms with E-state index in [9.17, 15) is 14.7 Å². The largest absolute Gasteiger partial charge is 0.497 e. The lowest BCUT2D eigenvalue weighted by Crippen LogP contribution is -2.31. The maximum Gasteiger partial charge on any atom is 0.337 e. The van der Waals surface area contributed by atoms with Gasteiger partial charge in [-0.1, -0.05) is 48.5 Å². The van der Waals surface area contributed by atoms with E-state index in [1.165, 1.54) is 7.11 Å². The Bertz CT molecular complexity index is 1070. The van der Waals surface area contributed by atoms with Crippen LogP contribution in [0.5, 0.6) is 5.75 Å². The number of carboxylic acid groups (broad SMARTS) is 1. The predicted molar refractivity (Wildman–Crippen MR) is 118 cm³/mol. The number of dihydropyridines is 1. The van der Waals surface area contributed by atoms with E-state index < -0.39 is 17.9 Å². The van der Waals surface area contributed by atoms with Crippen LogP contribution in [-0.2, 0) is 14.3 Å². The Morgan fingerprint density at radius 2 is 1.74 bits per heavy atom. The first-order chi connectivity index (χ1) is 14.9. The monoisotopic (exact) mass is 419 g/mol. The van der Waals surface area contributed by atoms with Crippen molar-refractivity contribution in [3.63, 3.8) is 0 Å². The second-order valence-electron chi connectivity index (χ2n) is 7.13. The van der Waals surface area contributed by atoms with Crippen LogP contribution in [0.3, 0.4) is 0 Å². The molecule has 0 bridgehead atoms. The van der Waals surface area contributed by atoms with Crippen molar-refractivity contribution in [3.05, 3.63) is 94.3 Å². The third-order valence-electron chi connectivity index (χ3n) is 5.06. The van der Waals surface area contributed by atoms with Gasteiger partial charge in [0.15, 0.2) is 0 Å². The molecule has 2 aromatic carbocycles. The fourth-order valence-corrected chi connectivity index (χ4v) is 3.65. The minimum absolute atomic E-state index is 0.0699. The van der Waals surface area contributed by atoms with E-state index in [2.05, 4.69) is 5.32 Å². The summed E-state index contributed by atoms with van der Waals surface area (Å²) < 4.78 is 10.8. The second kappa shape index (κ2) is 9.80. The van der Waals surface area contributed by atoms with E-state index in [1.54, 1.807) is 44.2 Å². The van der Waals surface area contributed by atoms with Gasteiger partial charge in [-0.05, 0) is 43.2 Å². The van der Waals surface area contributed by atoms with Gasteiger partial charge in [0.25, 0.3) is 0 Å². The number of rotatable bonds is 7. The van der Waals surface area contributed by atoms with Crippen LogP contribution in [0.1, 0.15) is 30.9 Å². The van der Waals surface area contributed by atoms with E-state index in [-0.39, 0.29) is 17.8 Å². The number of allylic oxidation sites excluding steroid dienone is 2. The molecule has 1 heterocycles. The second-order valence-corrected chi connectivity index (χ2v) is 7.13. The molecule has 0 fully saturated rings. The van der Waals surface area contributed by atoms with E-state index >= 15 is 0 Å². The van der Waals surface area contributed by atoms with Gasteiger partial charge in [-0.15, -0.1) is 0 Å². The highest BCUT2D eigenvalue weighted by atomic mass is 16.5. The highest BCUT2D eigenvalue weighted by molar-refractivity contribution is 5.99. The van der Waals surface area contributed by atoms with Crippen LogP contribution < -0.4 is 10.1 Å². The molecule has 160 valence electrons. The van der Waals surface area contributed by atoms with Crippen molar-refractivity contribution >= 4 is 18.0 Å². The van der Waals surface area contributed by atoms with Crippen LogP contribution >= 0.6 is 0 Å². The molecule has 1 atom stereocenters. The fourth-order valence-electron chi connectivity index (χ4n) is 3.65. The van der Waals surface area contributed by atoms with Gasteiger partial charge < -0.3 is 19.9 Å². The molecule has 0 amide bonds. The summed E-state index contributed by atoms with van der Waals surface area (Å²) in [4.78, 5) is 25.1. The van der Waals surface area contributed by atoms with Crippen molar-refractivity contribution < 1.29 is 24.2 Å². The number of hydrogen-bond acceptors (Lipinski definition) is 5. The third-order valence-corrected chi connectivity index (χ3v) is 5.06. The summed E-state index contributed by atoms with van der Waals surface area (Å²) in [5, 5.41) is 12.9. The van der Waals surface area contributed by atoms with E-state index in [1.807, 2.05) is 36.4 Å². The number of methoxy groups -OCH3 is 1. The zero-order valence-electron chi connectivity index (χ0n) is 17.7. The molecule has 0 radical (unpaired) electrons. The molecule has 0 saturated carbocycles. The van der Waals surface area contributed by atoms with Crippen molar-refractivity contribution in [2.45, 2.75) is 19.8 Å². The molecule has 2 N–H and O–H groups in total. The number of ether oxygens (including phenoxy) is 2. The zero-order valence-corrected chi connectivity index (χ0v) is 17.7. The molecular formula is C25H25NO5. The van der Waals surface area contributed by atoms with Crippen LogP contribution in [0.25, 0.3) is 6.08 Å². The normalized spacial score (nSPS) is 16.3. The summed E-state index contributed by atoms with van der Waals surface area (Å²) in [6, 6.07) is 16.7. The van der Waals surface area contributed by atoms with E-state index in [0.29, 0.717) is 22.7 Å². The van der Waals surface area contributed by atoms with Gasteiger partial charge in [0.2, 0.25) is 0 Å². The molecule has 6 nitrogen and oxygen atoms in total. The topological polar surface area (TPSA) is 84.9 Å². The van der Waals surface area contributed by atoms with Crippen LogP contribution in [0.15, 0.2) is 83.2 Å². The van der Waals surface area contributed by atoms with Crippen LogP contribution in [0, 0.1) is 0 Å². The Labute approximate surface area is 181 Å². The highest BCUT2D eigenvalue weighted by Gasteiger charge is 2.37. The van der Waals surface area contributed by atoms with Crippen molar-refractivity contribution in [1.82, 2.24) is 5.32 Å². The summed E-state index contributed by atoms with van der Waals surface area (Å²) in [7, 11) is 1.54. The van der Waals surface area contributed by atoms with Crippen LogP contribution in [0.4, 0.5) is 0 Å². The number of carboxylic acids is 1. The summed E-state index contributed by atoms with van der Waals surface area (Å²) in [5.74, 6) is -1.87. The molecule has 3 rings (SSSR count). The lowest BCUT2D eigenvalue weighted by Gasteiger charge is -2.29. The molecule has 0 aromatic heterocycles. The molecule has 1 unspecified atom stereocenters. The average Bonchev–Trinajstić information content (AvgIpc) is 2.76. The van der Waals surface area contributed by atoms with Gasteiger partial charge in [-0.2, -0.15) is 0 Å². The maximum absolute atomic E-state index is 13.0. The summed E-state index contributed by atoms with van der Waals surface area (Å²) in [6.45, 7) is 3.50. The minimum Gasteiger partial charge on any atom is -0.497 e. The van der Waals surface area contributed by atoms with Crippen LogP contribution in [0.2, 0.25) is 0 Å². The van der Waals surface area contributed by atoms with Gasteiger partial charge in [0.1, 0.15) is 12.4 Å². The van der Waals surface area contributed by atoms with Crippen LogP contribution in [-0.4, -0.2) is 30.8 Å². The number of esters is 1. The molecule has 1 aliphatic rings. The van der Waals surface area contributed by atoms with E-state index in [4.69, 9.17) is 9.47 Å². The first kappa shape index (κ1) is 21.9. The Kier molecular flexibility index (Phi) is 6.92. The maximum atomic E-state index is 13.0.